The number of hydrogen-bond donors (Lipinski definition) is 0. The van der Waals surface area contributed by atoms with E-state index in [-0.39, 0.29) is 35.5 Å². The van der Waals surface area contributed by atoms with Gasteiger partial charge in [-0.15, -0.1) is 0 Å². The van der Waals surface area contributed by atoms with Crippen molar-refractivity contribution >= 4 is 44.6 Å². The first-order valence-corrected chi connectivity index (χ1v) is 6.14. The molecule has 0 saturated heterocycles. The Morgan fingerprint density at radius 2 is 1.60 bits per heavy atom. The molecule has 5 nitrogen and oxygen atoms in total. The fourth-order valence-electron chi connectivity index (χ4n) is 0.887. The SMILES string of the molecule is CCCCC(=O)O[Si](OC)(OC)OC.[Na]. The van der Waals surface area contributed by atoms with E-state index in [0.29, 0.717) is 6.42 Å². The van der Waals surface area contributed by atoms with E-state index in [4.69, 9.17) is 17.7 Å². The summed E-state index contributed by atoms with van der Waals surface area (Å²) in [6, 6.07) is 0. The van der Waals surface area contributed by atoms with Crippen molar-refractivity contribution in [2.75, 3.05) is 21.3 Å². The molecule has 0 unspecified atom stereocenters. The second-order valence-corrected chi connectivity index (χ2v) is 5.12. The van der Waals surface area contributed by atoms with Crippen LogP contribution in [0, 0.1) is 0 Å². The molecular formula is C8H18NaO5Si. The van der Waals surface area contributed by atoms with Gasteiger partial charge in [0.15, 0.2) is 0 Å². The normalized spacial score (nSPS) is 10.7. The van der Waals surface area contributed by atoms with Gasteiger partial charge >= 0.3 is 9.05 Å². The monoisotopic (exact) mass is 245 g/mol. The van der Waals surface area contributed by atoms with E-state index < -0.39 is 9.05 Å². The van der Waals surface area contributed by atoms with Gasteiger partial charge in [0.1, 0.15) is 0 Å². The number of rotatable bonds is 7. The molecule has 1 radical (unpaired) electrons. The number of hydrogen-bond acceptors (Lipinski definition) is 5. The van der Waals surface area contributed by atoms with Crippen LogP contribution in [0.4, 0.5) is 0 Å². The van der Waals surface area contributed by atoms with Crippen LogP contribution < -0.4 is 0 Å². The van der Waals surface area contributed by atoms with Gasteiger partial charge in [-0.25, -0.2) is 0 Å². The molecule has 0 aliphatic carbocycles. The Bertz CT molecular complexity index is 166. The molecule has 15 heavy (non-hydrogen) atoms. The molecule has 7 heteroatoms. The smallest absolute Gasteiger partial charge is 0.452 e. The Balaban J connectivity index is 0. The maximum absolute atomic E-state index is 11.3. The Morgan fingerprint density at radius 3 is 1.93 bits per heavy atom. The van der Waals surface area contributed by atoms with Gasteiger partial charge in [0.25, 0.3) is 5.97 Å². The van der Waals surface area contributed by atoms with Crippen molar-refractivity contribution in [2.45, 2.75) is 26.2 Å². The van der Waals surface area contributed by atoms with Gasteiger partial charge in [-0.1, -0.05) is 13.3 Å². The second kappa shape index (κ2) is 9.77. The van der Waals surface area contributed by atoms with Crippen LogP contribution in [0.25, 0.3) is 0 Å². The molecule has 0 aliphatic rings. The summed E-state index contributed by atoms with van der Waals surface area (Å²) in [5.41, 5.74) is 0. The van der Waals surface area contributed by atoms with Crippen LogP contribution in [0.2, 0.25) is 0 Å². The first-order chi connectivity index (χ1) is 6.64. The zero-order valence-corrected chi connectivity index (χ0v) is 13.2. The van der Waals surface area contributed by atoms with E-state index >= 15 is 0 Å². The molecule has 0 aromatic heterocycles. The predicted molar refractivity (Wildman–Crippen MR) is 58.2 cm³/mol. The van der Waals surface area contributed by atoms with Crippen molar-refractivity contribution < 1.29 is 22.5 Å². The largest absolute Gasteiger partial charge is 0.750 e. The number of carbonyl (C=O) groups excluding carboxylic acids is 1. The molecule has 0 aromatic carbocycles. The van der Waals surface area contributed by atoms with Gasteiger partial charge in [0, 0.05) is 57.3 Å². The third-order valence-corrected chi connectivity index (χ3v) is 3.70. The van der Waals surface area contributed by atoms with Gasteiger partial charge in [-0.05, 0) is 6.42 Å². The van der Waals surface area contributed by atoms with Crippen LogP contribution in [0.5, 0.6) is 0 Å². The van der Waals surface area contributed by atoms with Gasteiger partial charge in [-0.2, -0.15) is 0 Å². The summed E-state index contributed by atoms with van der Waals surface area (Å²) in [6.07, 6.45) is 2.10. The van der Waals surface area contributed by atoms with Crippen molar-refractivity contribution in [3.63, 3.8) is 0 Å². The minimum absolute atomic E-state index is 0. The maximum atomic E-state index is 11.3. The quantitative estimate of drug-likeness (QED) is 0.618. The molecule has 0 heterocycles. The molecule has 0 rings (SSSR count). The van der Waals surface area contributed by atoms with Crippen LogP contribution in [-0.4, -0.2) is 65.9 Å². The molecule has 0 bridgehead atoms. The fourth-order valence-corrected chi connectivity index (χ4v) is 2.02. The zero-order chi connectivity index (χ0) is 11.0. The molecule has 85 valence electrons. The summed E-state index contributed by atoms with van der Waals surface area (Å²) in [4.78, 5) is 11.3. The molecule has 0 N–H and O–H groups in total. The minimum Gasteiger partial charge on any atom is -0.452 e. The van der Waals surface area contributed by atoms with E-state index in [1.54, 1.807) is 0 Å². The Kier molecular flexibility index (Phi) is 11.7. The van der Waals surface area contributed by atoms with Crippen molar-refractivity contribution in [1.29, 1.82) is 0 Å². The van der Waals surface area contributed by atoms with E-state index in [1.165, 1.54) is 21.3 Å². The first-order valence-electron chi connectivity index (χ1n) is 4.51. The van der Waals surface area contributed by atoms with Crippen molar-refractivity contribution in [2.24, 2.45) is 0 Å². The average Bonchev–Trinajstić information content (AvgIpc) is 2.23. The van der Waals surface area contributed by atoms with Gasteiger partial charge < -0.3 is 17.7 Å². The molecule has 0 amide bonds. The molecule has 0 atom stereocenters. The summed E-state index contributed by atoms with van der Waals surface area (Å²) in [5.74, 6) is -0.343. The third kappa shape index (κ3) is 6.67. The van der Waals surface area contributed by atoms with Crippen molar-refractivity contribution in [3.05, 3.63) is 0 Å². The van der Waals surface area contributed by atoms with Gasteiger partial charge in [0.2, 0.25) is 0 Å². The third-order valence-electron chi connectivity index (χ3n) is 1.72. The number of carbonyl (C=O) groups is 1. The zero-order valence-electron chi connectivity index (χ0n) is 10.2. The Morgan fingerprint density at radius 1 is 1.13 bits per heavy atom. The molecule has 0 spiro atoms. The van der Waals surface area contributed by atoms with Crippen LogP contribution in [0.1, 0.15) is 26.2 Å². The van der Waals surface area contributed by atoms with Crippen LogP contribution in [0.3, 0.4) is 0 Å². The van der Waals surface area contributed by atoms with Crippen LogP contribution in [-0.2, 0) is 22.5 Å². The maximum Gasteiger partial charge on any atom is 0.750 e. The standard InChI is InChI=1S/C8H18O5Si.Na/c1-5-6-7-8(9)13-14(10-2,11-3)12-4;/h5-7H2,1-4H3;. The molecule has 0 saturated carbocycles. The topological polar surface area (TPSA) is 54.0 Å². The van der Waals surface area contributed by atoms with E-state index in [1.807, 2.05) is 6.92 Å². The average molecular weight is 245 g/mol. The summed E-state index contributed by atoms with van der Waals surface area (Å²) >= 11 is 0. The fraction of sp³-hybridized carbons (Fsp3) is 0.875. The summed E-state index contributed by atoms with van der Waals surface area (Å²) < 4.78 is 19.8. The molecule has 0 aliphatic heterocycles. The predicted octanol–water partition coefficient (Wildman–Crippen LogP) is 0.714. The van der Waals surface area contributed by atoms with Gasteiger partial charge in [-0.3, -0.25) is 4.79 Å². The molecule has 0 fully saturated rings. The van der Waals surface area contributed by atoms with Crippen LogP contribution >= 0.6 is 0 Å². The van der Waals surface area contributed by atoms with E-state index in [2.05, 4.69) is 0 Å². The van der Waals surface area contributed by atoms with Gasteiger partial charge in [0.05, 0.1) is 0 Å². The molecule has 0 aromatic rings. The summed E-state index contributed by atoms with van der Waals surface area (Å²) in [7, 11) is 1.01. The first kappa shape index (κ1) is 17.9. The Labute approximate surface area is 114 Å². The molecular weight excluding hydrogens is 227 g/mol. The summed E-state index contributed by atoms with van der Waals surface area (Å²) in [6.45, 7) is 2.00. The number of unbranched alkanes of at least 4 members (excludes halogenated alkanes) is 1. The summed E-state index contributed by atoms with van der Waals surface area (Å²) in [5, 5.41) is 0. The Hall–Kier alpha value is 0.567. The minimum atomic E-state index is -3.18. The van der Waals surface area contributed by atoms with Crippen LogP contribution in [0.15, 0.2) is 0 Å². The van der Waals surface area contributed by atoms with Crippen molar-refractivity contribution in [3.8, 4) is 0 Å². The van der Waals surface area contributed by atoms with E-state index in [0.717, 1.165) is 12.8 Å². The second-order valence-electron chi connectivity index (χ2n) is 2.69. The van der Waals surface area contributed by atoms with E-state index in [9.17, 15) is 4.79 Å². The van der Waals surface area contributed by atoms with Crippen molar-refractivity contribution in [1.82, 2.24) is 0 Å².